The molecule has 2 aromatic rings. The van der Waals surface area contributed by atoms with E-state index in [1.54, 1.807) is 29.2 Å². The van der Waals surface area contributed by atoms with E-state index in [0.717, 1.165) is 18.3 Å². The van der Waals surface area contributed by atoms with Crippen LogP contribution in [0.5, 0.6) is 5.88 Å². The molecule has 0 unspecified atom stereocenters. The monoisotopic (exact) mass is 322 g/mol. The molecule has 0 aliphatic carbocycles. The number of carbonyl (C=O) groups is 1. The van der Waals surface area contributed by atoms with E-state index in [1.165, 1.54) is 0 Å². The molecule has 1 saturated heterocycles. The Balaban J connectivity index is 1.58. The first-order chi connectivity index (χ1) is 10.9. The maximum Gasteiger partial charge on any atom is 0.416 e. The molecule has 7 heteroatoms. The maximum atomic E-state index is 12.6. The number of hydrogen-bond acceptors (Lipinski definition) is 3. The van der Waals surface area contributed by atoms with E-state index < -0.39 is 11.7 Å². The fourth-order valence-corrected chi connectivity index (χ4v) is 2.26. The van der Waals surface area contributed by atoms with Crippen LogP contribution in [0.1, 0.15) is 15.9 Å². The summed E-state index contributed by atoms with van der Waals surface area (Å²) >= 11 is 0. The number of carbonyl (C=O) groups excluding carboxylic acids is 1. The molecule has 0 radical (unpaired) electrons. The normalized spacial score (nSPS) is 15.2. The number of amides is 1. The van der Waals surface area contributed by atoms with E-state index in [2.05, 4.69) is 4.98 Å². The molecule has 1 fully saturated rings. The molecule has 0 N–H and O–H groups in total. The standard InChI is InChI=1S/C16H13F3N2O2/c17-16(18,19)12-6-7-20-14(8-12)23-13-9-21(10-13)15(22)11-4-2-1-3-5-11/h1-8,13H,9-10H2. The summed E-state index contributed by atoms with van der Waals surface area (Å²) in [4.78, 5) is 17.5. The van der Waals surface area contributed by atoms with Gasteiger partial charge < -0.3 is 9.64 Å². The Labute approximate surface area is 130 Å². The lowest BCUT2D eigenvalue weighted by molar-refractivity contribution is -0.137. The summed E-state index contributed by atoms with van der Waals surface area (Å²) in [5, 5.41) is 0. The van der Waals surface area contributed by atoms with Crippen LogP contribution in [0.4, 0.5) is 13.2 Å². The van der Waals surface area contributed by atoms with Crippen molar-refractivity contribution >= 4 is 5.91 Å². The van der Waals surface area contributed by atoms with Crippen molar-refractivity contribution < 1.29 is 22.7 Å². The van der Waals surface area contributed by atoms with Crippen LogP contribution in [0.3, 0.4) is 0 Å². The fraction of sp³-hybridized carbons (Fsp3) is 0.250. The van der Waals surface area contributed by atoms with Gasteiger partial charge in [-0.1, -0.05) is 18.2 Å². The number of rotatable bonds is 3. The van der Waals surface area contributed by atoms with E-state index in [-0.39, 0.29) is 17.9 Å². The van der Waals surface area contributed by atoms with Gasteiger partial charge in [0.25, 0.3) is 5.91 Å². The smallest absolute Gasteiger partial charge is 0.416 e. The summed E-state index contributed by atoms with van der Waals surface area (Å²) < 4.78 is 43.3. The van der Waals surface area contributed by atoms with Gasteiger partial charge in [0.2, 0.25) is 5.88 Å². The molecule has 23 heavy (non-hydrogen) atoms. The molecule has 1 amide bonds. The van der Waals surface area contributed by atoms with Crippen molar-refractivity contribution in [1.82, 2.24) is 9.88 Å². The van der Waals surface area contributed by atoms with Gasteiger partial charge in [-0.25, -0.2) is 4.98 Å². The summed E-state index contributed by atoms with van der Waals surface area (Å²) in [5.41, 5.74) is -0.234. The molecule has 2 heterocycles. The maximum absolute atomic E-state index is 12.6. The molecule has 1 aliphatic rings. The van der Waals surface area contributed by atoms with Gasteiger partial charge in [-0.15, -0.1) is 0 Å². The van der Waals surface area contributed by atoms with Crippen molar-refractivity contribution in [2.24, 2.45) is 0 Å². The quantitative estimate of drug-likeness (QED) is 0.872. The van der Waals surface area contributed by atoms with Gasteiger partial charge in [0.1, 0.15) is 6.10 Å². The summed E-state index contributed by atoms with van der Waals surface area (Å²) in [5.74, 6) is -0.209. The first-order valence-corrected chi connectivity index (χ1v) is 6.98. The molecule has 1 aromatic heterocycles. The highest BCUT2D eigenvalue weighted by Crippen LogP contribution is 2.31. The molecule has 4 nitrogen and oxygen atoms in total. The largest absolute Gasteiger partial charge is 0.471 e. The van der Waals surface area contributed by atoms with Crippen LogP contribution in [0.15, 0.2) is 48.7 Å². The van der Waals surface area contributed by atoms with Crippen LogP contribution < -0.4 is 4.74 Å². The molecule has 0 bridgehead atoms. The highest BCUT2D eigenvalue weighted by molar-refractivity contribution is 5.94. The fourth-order valence-electron chi connectivity index (χ4n) is 2.26. The lowest BCUT2D eigenvalue weighted by Crippen LogP contribution is -2.56. The minimum atomic E-state index is -4.43. The number of nitrogens with zero attached hydrogens (tertiary/aromatic N) is 2. The molecule has 1 aromatic carbocycles. The predicted molar refractivity (Wildman–Crippen MR) is 76.0 cm³/mol. The highest BCUT2D eigenvalue weighted by atomic mass is 19.4. The van der Waals surface area contributed by atoms with Crippen LogP contribution in [0, 0.1) is 0 Å². The van der Waals surface area contributed by atoms with Gasteiger partial charge in [-0.3, -0.25) is 4.79 Å². The number of halogens is 3. The average Bonchev–Trinajstić information content (AvgIpc) is 2.50. The lowest BCUT2D eigenvalue weighted by Gasteiger charge is -2.38. The van der Waals surface area contributed by atoms with Gasteiger partial charge in [0.05, 0.1) is 18.7 Å². The summed E-state index contributed by atoms with van der Waals surface area (Å²) in [6.07, 6.45) is -3.72. The molecule has 0 saturated carbocycles. The Morgan fingerprint density at radius 1 is 1.17 bits per heavy atom. The van der Waals surface area contributed by atoms with Crippen molar-refractivity contribution in [3.05, 3.63) is 59.8 Å². The SMILES string of the molecule is O=C(c1ccccc1)N1CC(Oc2cc(C(F)(F)F)ccn2)C1. The first-order valence-electron chi connectivity index (χ1n) is 6.98. The average molecular weight is 322 g/mol. The number of likely N-dealkylation sites (tertiary alicyclic amines) is 1. The predicted octanol–water partition coefficient (Wildman–Crippen LogP) is 3.00. The second-order valence-electron chi connectivity index (χ2n) is 5.20. The van der Waals surface area contributed by atoms with Gasteiger partial charge in [0, 0.05) is 17.8 Å². The highest BCUT2D eigenvalue weighted by Gasteiger charge is 2.34. The van der Waals surface area contributed by atoms with E-state index in [1.807, 2.05) is 6.07 Å². The lowest BCUT2D eigenvalue weighted by atomic mass is 10.1. The number of aromatic nitrogens is 1. The molecular formula is C16H13F3N2O2. The van der Waals surface area contributed by atoms with Crippen molar-refractivity contribution in [3.8, 4) is 5.88 Å². The zero-order valence-corrected chi connectivity index (χ0v) is 12.0. The van der Waals surface area contributed by atoms with Gasteiger partial charge in [-0.05, 0) is 18.2 Å². The zero-order chi connectivity index (χ0) is 16.4. The third-order valence-corrected chi connectivity index (χ3v) is 3.51. The topological polar surface area (TPSA) is 42.4 Å². The minimum Gasteiger partial charge on any atom is -0.471 e. The van der Waals surface area contributed by atoms with Gasteiger partial charge in [-0.2, -0.15) is 13.2 Å². The van der Waals surface area contributed by atoms with E-state index in [0.29, 0.717) is 18.7 Å². The summed E-state index contributed by atoms with van der Waals surface area (Å²) in [6.45, 7) is 0.650. The van der Waals surface area contributed by atoms with E-state index in [4.69, 9.17) is 4.74 Å². The molecule has 0 atom stereocenters. The van der Waals surface area contributed by atoms with Gasteiger partial charge >= 0.3 is 6.18 Å². The van der Waals surface area contributed by atoms with Crippen molar-refractivity contribution in [1.29, 1.82) is 0 Å². The van der Waals surface area contributed by atoms with Crippen LogP contribution in [-0.2, 0) is 6.18 Å². The van der Waals surface area contributed by atoms with Crippen LogP contribution in [-0.4, -0.2) is 35.0 Å². The minimum absolute atomic E-state index is 0.0864. The zero-order valence-electron chi connectivity index (χ0n) is 12.0. The number of alkyl halides is 3. The second kappa shape index (κ2) is 5.91. The second-order valence-corrected chi connectivity index (χ2v) is 5.20. The van der Waals surface area contributed by atoms with Crippen molar-refractivity contribution in [2.45, 2.75) is 12.3 Å². The van der Waals surface area contributed by atoms with Crippen molar-refractivity contribution in [3.63, 3.8) is 0 Å². The van der Waals surface area contributed by atoms with Gasteiger partial charge in [0.15, 0.2) is 0 Å². The number of pyridine rings is 1. The van der Waals surface area contributed by atoms with Crippen LogP contribution in [0.2, 0.25) is 0 Å². The number of ether oxygens (including phenoxy) is 1. The first kappa shape index (κ1) is 15.3. The molecule has 1 aliphatic heterocycles. The van der Waals surface area contributed by atoms with Crippen LogP contribution >= 0.6 is 0 Å². The Hall–Kier alpha value is -2.57. The molecular weight excluding hydrogens is 309 g/mol. The molecule has 120 valence electrons. The number of hydrogen-bond donors (Lipinski definition) is 0. The molecule has 0 spiro atoms. The van der Waals surface area contributed by atoms with Crippen LogP contribution in [0.25, 0.3) is 0 Å². The molecule has 3 rings (SSSR count). The van der Waals surface area contributed by atoms with Crippen molar-refractivity contribution in [2.75, 3.05) is 13.1 Å². The Kier molecular flexibility index (Phi) is 3.94. The summed E-state index contributed by atoms with van der Waals surface area (Å²) in [6, 6.07) is 10.5. The van der Waals surface area contributed by atoms with E-state index in [9.17, 15) is 18.0 Å². The van der Waals surface area contributed by atoms with E-state index >= 15 is 0 Å². The third kappa shape index (κ3) is 3.44. The summed E-state index contributed by atoms with van der Waals surface area (Å²) in [7, 11) is 0. The third-order valence-electron chi connectivity index (χ3n) is 3.51. The Morgan fingerprint density at radius 3 is 2.52 bits per heavy atom. The Morgan fingerprint density at radius 2 is 1.87 bits per heavy atom. The number of benzene rings is 1. The Bertz CT molecular complexity index is 698.